The van der Waals surface area contributed by atoms with E-state index in [-0.39, 0.29) is 23.7 Å². The molecule has 106 valence electrons. The number of rotatable bonds is 4. The van der Waals surface area contributed by atoms with E-state index in [9.17, 15) is 9.50 Å². The van der Waals surface area contributed by atoms with E-state index in [2.05, 4.69) is 5.32 Å². The van der Waals surface area contributed by atoms with Crippen molar-refractivity contribution in [3.05, 3.63) is 65.0 Å². The van der Waals surface area contributed by atoms with Gasteiger partial charge in [0.05, 0.1) is 0 Å². The quantitative estimate of drug-likeness (QED) is 0.872. The molecule has 2 N–H and O–H groups in total. The van der Waals surface area contributed by atoms with Crippen LogP contribution in [0.25, 0.3) is 0 Å². The van der Waals surface area contributed by atoms with Crippen molar-refractivity contribution in [2.75, 3.05) is 0 Å². The Morgan fingerprint density at radius 2 is 1.65 bits per heavy atom. The van der Waals surface area contributed by atoms with Gasteiger partial charge in [-0.1, -0.05) is 35.9 Å². The first kappa shape index (κ1) is 14.5. The standard InChI is InChI=1S/C17H20FNO/c1-11-8-9-17(20)15(10-11)13(3)19-12(2)14-6-4-5-7-16(14)18/h4-10,12-13,19-20H,1-3H3. The molecule has 0 aliphatic heterocycles. The van der Waals surface area contributed by atoms with E-state index in [0.717, 1.165) is 11.1 Å². The van der Waals surface area contributed by atoms with Gasteiger partial charge in [-0.2, -0.15) is 0 Å². The number of phenols is 1. The van der Waals surface area contributed by atoms with Crippen molar-refractivity contribution in [3.8, 4) is 5.75 Å². The number of phenolic OH excluding ortho intramolecular Hbond substituents is 1. The molecule has 0 aliphatic rings. The number of aromatic hydroxyl groups is 1. The number of nitrogens with one attached hydrogen (secondary N) is 1. The molecule has 0 spiro atoms. The summed E-state index contributed by atoms with van der Waals surface area (Å²) in [6.45, 7) is 5.86. The second-order valence-electron chi connectivity index (χ2n) is 5.19. The summed E-state index contributed by atoms with van der Waals surface area (Å²) in [5.74, 6) is 0.0458. The molecule has 2 atom stereocenters. The average molecular weight is 273 g/mol. The molecule has 0 fully saturated rings. The minimum Gasteiger partial charge on any atom is -0.508 e. The highest BCUT2D eigenvalue weighted by molar-refractivity contribution is 5.38. The van der Waals surface area contributed by atoms with Gasteiger partial charge >= 0.3 is 0 Å². The third-order valence-electron chi connectivity index (χ3n) is 3.52. The average Bonchev–Trinajstić information content (AvgIpc) is 2.41. The lowest BCUT2D eigenvalue weighted by atomic mass is 10.0. The minimum atomic E-state index is -0.215. The lowest BCUT2D eigenvalue weighted by Crippen LogP contribution is -2.23. The van der Waals surface area contributed by atoms with E-state index in [1.165, 1.54) is 6.07 Å². The Labute approximate surface area is 119 Å². The van der Waals surface area contributed by atoms with E-state index >= 15 is 0 Å². The van der Waals surface area contributed by atoms with Crippen molar-refractivity contribution in [2.24, 2.45) is 0 Å². The summed E-state index contributed by atoms with van der Waals surface area (Å²) in [4.78, 5) is 0. The summed E-state index contributed by atoms with van der Waals surface area (Å²) in [5, 5.41) is 13.3. The highest BCUT2D eigenvalue weighted by Crippen LogP contribution is 2.27. The summed E-state index contributed by atoms with van der Waals surface area (Å²) in [5.41, 5.74) is 2.55. The van der Waals surface area contributed by atoms with Gasteiger partial charge in [-0.3, -0.25) is 0 Å². The molecule has 0 aromatic heterocycles. The summed E-state index contributed by atoms with van der Waals surface area (Å²) in [6, 6.07) is 12.0. The van der Waals surface area contributed by atoms with Crippen LogP contribution in [-0.4, -0.2) is 5.11 Å². The summed E-state index contributed by atoms with van der Waals surface area (Å²) < 4.78 is 13.7. The van der Waals surface area contributed by atoms with Crippen molar-refractivity contribution in [1.82, 2.24) is 5.32 Å². The number of hydrogen-bond donors (Lipinski definition) is 2. The monoisotopic (exact) mass is 273 g/mol. The van der Waals surface area contributed by atoms with Crippen LogP contribution in [0.4, 0.5) is 4.39 Å². The molecule has 0 heterocycles. The van der Waals surface area contributed by atoms with Gasteiger partial charge in [0.2, 0.25) is 0 Å². The molecule has 2 nitrogen and oxygen atoms in total. The van der Waals surface area contributed by atoms with Crippen molar-refractivity contribution >= 4 is 0 Å². The van der Waals surface area contributed by atoms with Crippen LogP contribution in [0.5, 0.6) is 5.75 Å². The van der Waals surface area contributed by atoms with Crippen molar-refractivity contribution in [3.63, 3.8) is 0 Å². The molecule has 0 radical (unpaired) electrons. The molecule has 2 aromatic rings. The molecule has 3 heteroatoms. The highest BCUT2D eigenvalue weighted by Gasteiger charge is 2.16. The van der Waals surface area contributed by atoms with Crippen LogP contribution >= 0.6 is 0 Å². The third-order valence-corrected chi connectivity index (χ3v) is 3.52. The third kappa shape index (κ3) is 3.17. The molecule has 2 rings (SSSR count). The van der Waals surface area contributed by atoms with Gasteiger partial charge in [0.25, 0.3) is 0 Å². The van der Waals surface area contributed by atoms with E-state index in [1.807, 2.05) is 39.0 Å². The molecule has 20 heavy (non-hydrogen) atoms. The fraction of sp³-hybridized carbons (Fsp3) is 0.294. The van der Waals surface area contributed by atoms with Crippen LogP contribution < -0.4 is 5.32 Å². The fourth-order valence-electron chi connectivity index (χ4n) is 2.40. The highest BCUT2D eigenvalue weighted by atomic mass is 19.1. The first-order valence-corrected chi connectivity index (χ1v) is 6.79. The van der Waals surface area contributed by atoms with Crippen LogP contribution in [0, 0.1) is 12.7 Å². The maximum atomic E-state index is 13.7. The Morgan fingerprint density at radius 3 is 2.35 bits per heavy atom. The molecule has 0 saturated heterocycles. The lowest BCUT2D eigenvalue weighted by molar-refractivity contribution is 0.433. The zero-order chi connectivity index (χ0) is 14.7. The predicted octanol–water partition coefficient (Wildman–Crippen LogP) is 4.25. The minimum absolute atomic E-state index is 0.0653. The zero-order valence-electron chi connectivity index (χ0n) is 12.0. The molecule has 0 bridgehead atoms. The van der Waals surface area contributed by atoms with Gasteiger partial charge in [0.15, 0.2) is 0 Å². The molecular formula is C17H20FNO. The first-order chi connectivity index (χ1) is 9.49. The second kappa shape index (κ2) is 6.06. The molecule has 2 unspecified atom stereocenters. The van der Waals surface area contributed by atoms with Crippen LogP contribution in [-0.2, 0) is 0 Å². The Kier molecular flexibility index (Phi) is 4.40. The Hall–Kier alpha value is -1.87. The van der Waals surface area contributed by atoms with E-state index < -0.39 is 0 Å². The van der Waals surface area contributed by atoms with Crippen LogP contribution in [0.3, 0.4) is 0 Å². The van der Waals surface area contributed by atoms with Gasteiger partial charge in [0.1, 0.15) is 11.6 Å². The largest absolute Gasteiger partial charge is 0.508 e. The van der Waals surface area contributed by atoms with Gasteiger partial charge in [-0.05, 0) is 32.9 Å². The fourth-order valence-corrected chi connectivity index (χ4v) is 2.40. The van der Waals surface area contributed by atoms with Crippen LogP contribution in [0.15, 0.2) is 42.5 Å². The predicted molar refractivity (Wildman–Crippen MR) is 79.2 cm³/mol. The molecule has 0 amide bonds. The van der Waals surface area contributed by atoms with Gasteiger partial charge in [-0.25, -0.2) is 4.39 Å². The number of hydrogen-bond acceptors (Lipinski definition) is 2. The molecule has 2 aromatic carbocycles. The maximum Gasteiger partial charge on any atom is 0.127 e. The number of halogens is 1. The molecular weight excluding hydrogens is 253 g/mol. The second-order valence-corrected chi connectivity index (χ2v) is 5.19. The molecule has 0 aliphatic carbocycles. The van der Waals surface area contributed by atoms with Gasteiger partial charge < -0.3 is 10.4 Å². The lowest BCUT2D eigenvalue weighted by Gasteiger charge is -2.22. The van der Waals surface area contributed by atoms with E-state index in [0.29, 0.717) is 5.56 Å². The Morgan fingerprint density at radius 1 is 1.00 bits per heavy atom. The SMILES string of the molecule is Cc1ccc(O)c(C(C)NC(C)c2ccccc2F)c1. The summed E-state index contributed by atoms with van der Waals surface area (Å²) >= 11 is 0. The van der Waals surface area contributed by atoms with E-state index in [4.69, 9.17) is 0 Å². The van der Waals surface area contributed by atoms with E-state index in [1.54, 1.807) is 18.2 Å². The Bertz CT molecular complexity index is 597. The van der Waals surface area contributed by atoms with Crippen molar-refractivity contribution < 1.29 is 9.50 Å². The van der Waals surface area contributed by atoms with Crippen molar-refractivity contribution in [1.29, 1.82) is 0 Å². The van der Waals surface area contributed by atoms with Crippen LogP contribution in [0.2, 0.25) is 0 Å². The number of aryl methyl sites for hydroxylation is 1. The maximum absolute atomic E-state index is 13.7. The molecule has 0 saturated carbocycles. The summed E-state index contributed by atoms with van der Waals surface area (Å²) in [7, 11) is 0. The first-order valence-electron chi connectivity index (χ1n) is 6.79. The summed E-state index contributed by atoms with van der Waals surface area (Å²) in [6.07, 6.45) is 0. The van der Waals surface area contributed by atoms with Gasteiger partial charge in [-0.15, -0.1) is 0 Å². The zero-order valence-corrected chi connectivity index (χ0v) is 12.0. The van der Waals surface area contributed by atoms with Gasteiger partial charge in [0, 0.05) is 23.2 Å². The number of benzene rings is 2. The van der Waals surface area contributed by atoms with Crippen LogP contribution in [0.1, 0.15) is 42.6 Å². The van der Waals surface area contributed by atoms with Crippen molar-refractivity contribution in [2.45, 2.75) is 32.9 Å². The smallest absolute Gasteiger partial charge is 0.127 e. The normalized spacial score (nSPS) is 14.0. The topological polar surface area (TPSA) is 32.3 Å². The Balaban J connectivity index is 2.17.